The molecule has 0 radical (unpaired) electrons. The number of amides is 1. The lowest BCUT2D eigenvalue weighted by Crippen LogP contribution is -2.46. The first kappa shape index (κ1) is 12.8. The molecule has 2 fully saturated rings. The van der Waals surface area contributed by atoms with E-state index in [0.29, 0.717) is 38.6 Å². The Hall–Kier alpha value is -0.610. The number of morpholine rings is 1. The topological polar surface area (TPSA) is 49.8 Å². The van der Waals surface area contributed by atoms with Crippen molar-refractivity contribution in [2.75, 3.05) is 26.3 Å². The van der Waals surface area contributed by atoms with E-state index < -0.39 is 6.10 Å². The highest BCUT2D eigenvalue weighted by atomic mass is 16.5. The number of nitrogens with zero attached hydrogens (tertiary/aromatic N) is 1. The number of hydrogen-bond acceptors (Lipinski definition) is 3. The van der Waals surface area contributed by atoms with Crippen molar-refractivity contribution in [1.29, 1.82) is 0 Å². The van der Waals surface area contributed by atoms with Crippen LogP contribution in [0.3, 0.4) is 0 Å². The molecule has 1 atom stereocenters. The molecule has 98 valence electrons. The standard InChI is InChI=1S/C13H23NO3/c15-12(10-11-4-2-1-3-5-11)13(16)14-6-8-17-9-7-14/h11-12,15H,1-10H2. The second-order valence-corrected chi connectivity index (χ2v) is 5.19. The lowest BCUT2D eigenvalue weighted by Gasteiger charge is -2.30. The van der Waals surface area contributed by atoms with Crippen molar-refractivity contribution < 1.29 is 14.6 Å². The molecule has 1 N–H and O–H groups in total. The average molecular weight is 241 g/mol. The summed E-state index contributed by atoms with van der Waals surface area (Å²) in [5, 5.41) is 9.99. The molecule has 0 aromatic rings. The Kier molecular flexibility index (Phi) is 4.80. The Balaban J connectivity index is 1.77. The van der Waals surface area contributed by atoms with Crippen molar-refractivity contribution in [2.45, 2.75) is 44.6 Å². The molecule has 2 aliphatic rings. The Morgan fingerprint density at radius 3 is 2.53 bits per heavy atom. The summed E-state index contributed by atoms with van der Waals surface area (Å²) in [7, 11) is 0. The van der Waals surface area contributed by atoms with Crippen molar-refractivity contribution in [3.8, 4) is 0 Å². The molecule has 1 heterocycles. The molecule has 0 bridgehead atoms. The molecular formula is C13H23NO3. The van der Waals surface area contributed by atoms with Gasteiger partial charge < -0.3 is 14.7 Å². The number of hydrogen-bond donors (Lipinski definition) is 1. The molecule has 17 heavy (non-hydrogen) atoms. The van der Waals surface area contributed by atoms with E-state index in [1.807, 2.05) is 0 Å². The Bertz CT molecular complexity index is 245. The van der Waals surface area contributed by atoms with Crippen molar-refractivity contribution in [2.24, 2.45) is 5.92 Å². The number of ether oxygens (including phenoxy) is 1. The molecule has 0 aromatic heterocycles. The molecule has 4 nitrogen and oxygen atoms in total. The number of aliphatic hydroxyl groups excluding tert-OH is 1. The predicted molar refractivity (Wildman–Crippen MR) is 64.6 cm³/mol. The SMILES string of the molecule is O=C(C(O)CC1CCCCC1)N1CCOCC1. The third-order valence-electron chi connectivity index (χ3n) is 3.89. The van der Waals surface area contributed by atoms with Gasteiger partial charge in [0.25, 0.3) is 5.91 Å². The average Bonchev–Trinajstić information content (AvgIpc) is 2.40. The van der Waals surface area contributed by atoms with Gasteiger partial charge in [-0.25, -0.2) is 0 Å². The van der Waals surface area contributed by atoms with Crippen LogP contribution >= 0.6 is 0 Å². The van der Waals surface area contributed by atoms with Crippen LogP contribution in [0.25, 0.3) is 0 Å². The van der Waals surface area contributed by atoms with E-state index in [4.69, 9.17) is 4.74 Å². The van der Waals surface area contributed by atoms with Gasteiger partial charge in [-0.1, -0.05) is 32.1 Å². The van der Waals surface area contributed by atoms with Gasteiger partial charge in [-0.05, 0) is 12.3 Å². The largest absolute Gasteiger partial charge is 0.383 e. The minimum absolute atomic E-state index is 0.0983. The van der Waals surface area contributed by atoms with Gasteiger partial charge in [0.05, 0.1) is 13.2 Å². The summed E-state index contributed by atoms with van der Waals surface area (Å²) < 4.78 is 5.20. The maximum Gasteiger partial charge on any atom is 0.251 e. The van der Waals surface area contributed by atoms with Gasteiger partial charge in [0.2, 0.25) is 0 Å². The van der Waals surface area contributed by atoms with Gasteiger partial charge in [0, 0.05) is 13.1 Å². The highest BCUT2D eigenvalue weighted by Gasteiger charge is 2.27. The lowest BCUT2D eigenvalue weighted by atomic mass is 9.85. The van der Waals surface area contributed by atoms with E-state index in [-0.39, 0.29) is 5.91 Å². The van der Waals surface area contributed by atoms with E-state index in [1.165, 1.54) is 32.1 Å². The molecule has 2 rings (SSSR count). The minimum Gasteiger partial charge on any atom is -0.383 e. The van der Waals surface area contributed by atoms with Crippen LogP contribution in [0.4, 0.5) is 0 Å². The summed E-state index contributed by atoms with van der Waals surface area (Å²) in [6, 6.07) is 0. The van der Waals surface area contributed by atoms with Gasteiger partial charge in [-0.2, -0.15) is 0 Å². The van der Waals surface area contributed by atoms with E-state index in [2.05, 4.69) is 0 Å². The van der Waals surface area contributed by atoms with E-state index in [9.17, 15) is 9.90 Å². The zero-order valence-electron chi connectivity index (χ0n) is 10.4. The normalized spacial score (nSPS) is 24.6. The molecule has 1 aliphatic carbocycles. The van der Waals surface area contributed by atoms with Crippen LogP contribution in [-0.4, -0.2) is 48.3 Å². The van der Waals surface area contributed by atoms with Gasteiger partial charge >= 0.3 is 0 Å². The molecule has 1 unspecified atom stereocenters. The first-order chi connectivity index (χ1) is 8.27. The first-order valence-electron chi connectivity index (χ1n) is 6.82. The Morgan fingerprint density at radius 2 is 1.88 bits per heavy atom. The zero-order valence-corrected chi connectivity index (χ0v) is 10.4. The molecule has 1 saturated heterocycles. The number of carbonyl (C=O) groups is 1. The Morgan fingerprint density at radius 1 is 1.24 bits per heavy atom. The third kappa shape index (κ3) is 3.68. The fraction of sp³-hybridized carbons (Fsp3) is 0.923. The van der Waals surface area contributed by atoms with Crippen molar-refractivity contribution in [3.63, 3.8) is 0 Å². The summed E-state index contributed by atoms with van der Waals surface area (Å²) in [5.74, 6) is 0.447. The molecule has 4 heteroatoms. The lowest BCUT2D eigenvalue weighted by molar-refractivity contribution is -0.145. The highest BCUT2D eigenvalue weighted by Crippen LogP contribution is 2.27. The van der Waals surface area contributed by atoms with Crippen LogP contribution in [0.5, 0.6) is 0 Å². The fourth-order valence-corrected chi connectivity index (χ4v) is 2.83. The van der Waals surface area contributed by atoms with Gasteiger partial charge in [0.15, 0.2) is 0 Å². The molecule has 1 amide bonds. The van der Waals surface area contributed by atoms with E-state index in [1.54, 1.807) is 4.90 Å². The maximum atomic E-state index is 12.0. The third-order valence-corrected chi connectivity index (χ3v) is 3.89. The van der Waals surface area contributed by atoms with Crippen molar-refractivity contribution in [3.05, 3.63) is 0 Å². The predicted octanol–water partition coefficient (Wildman–Crippen LogP) is 1.18. The second kappa shape index (κ2) is 6.36. The van der Waals surface area contributed by atoms with Crippen LogP contribution in [0, 0.1) is 5.92 Å². The highest BCUT2D eigenvalue weighted by molar-refractivity contribution is 5.80. The maximum absolute atomic E-state index is 12.0. The number of rotatable bonds is 3. The quantitative estimate of drug-likeness (QED) is 0.807. The van der Waals surface area contributed by atoms with Crippen LogP contribution in [0.1, 0.15) is 38.5 Å². The van der Waals surface area contributed by atoms with Crippen LogP contribution in [0.2, 0.25) is 0 Å². The van der Waals surface area contributed by atoms with Gasteiger partial charge in [-0.15, -0.1) is 0 Å². The van der Waals surface area contributed by atoms with Crippen LogP contribution in [0.15, 0.2) is 0 Å². The monoisotopic (exact) mass is 241 g/mol. The molecular weight excluding hydrogens is 218 g/mol. The summed E-state index contributed by atoms with van der Waals surface area (Å²) >= 11 is 0. The van der Waals surface area contributed by atoms with E-state index >= 15 is 0 Å². The molecule has 1 aliphatic heterocycles. The summed E-state index contributed by atoms with van der Waals surface area (Å²) in [4.78, 5) is 13.7. The molecule has 0 spiro atoms. The van der Waals surface area contributed by atoms with Crippen molar-refractivity contribution >= 4 is 5.91 Å². The first-order valence-corrected chi connectivity index (χ1v) is 6.82. The fourth-order valence-electron chi connectivity index (χ4n) is 2.83. The van der Waals surface area contributed by atoms with Crippen LogP contribution in [-0.2, 0) is 9.53 Å². The van der Waals surface area contributed by atoms with Gasteiger partial charge in [0.1, 0.15) is 6.10 Å². The minimum atomic E-state index is -0.795. The Labute approximate surface area is 103 Å². The van der Waals surface area contributed by atoms with E-state index in [0.717, 1.165) is 0 Å². The van der Waals surface area contributed by atoms with Crippen molar-refractivity contribution in [1.82, 2.24) is 4.90 Å². The number of aliphatic hydroxyl groups is 1. The smallest absolute Gasteiger partial charge is 0.251 e. The van der Waals surface area contributed by atoms with Gasteiger partial charge in [-0.3, -0.25) is 4.79 Å². The summed E-state index contributed by atoms with van der Waals surface area (Å²) in [6.07, 6.45) is 6.02. The molecule has 0 aromatic carbocycles. The van der Waals surface area contributed by atoms with Crippen LogP contribution < -0.4 is 0 Å². The zero-order chi connectivity index (χ0) is 12.1. The summed E-state index contributed by atoms with van der Waals surface area (Å²) in [5.41, 5.74) is 0. The molecule has 1 saturated carbocycles. The second-order valence-electron chi connectivity index (χ2n) is 5.19. The number of carbonyl (C=O) groups excluding carboxylic acids is 1. The summed E-state index contributed by atoms with van der Waals surface area (Å²) in [6.45, 7) is 2.45.